The van der Waals surface area contributed by atoms with E-state index in [-0.39, 0.29) is 5.91 Å². The number of benzene rings is 1. The highest BCUT2D eigenvalue weighted by Crippen LogP contribution is 2.23. The van der Waals surface area contributed by atoms with Crippen LogP contribution in [0.3, 0.4) is 0 Å². The minimum Gasteiger partial charge on any atom is -0.449 e. The summed E-state index contributed by atoms with van der Waals surface area (Å²) >= 11 is 13.3. The topological polar surface area (TPSA) is 55.4 Å². The maximum atomic E-state index is 11.9. The molecule has 24 heavy (non-hydrogen) atoms. The van der Waals surface area contributed by atoms with Crippen molar-refractivity contribution in [3.63, 3.8) is 0 Å². The fourth-order valence-corrected chi connectivity index (χ4v) is 2.73. The first-order valence-electron chi connectivity index (χ1n) is 7.09. The van der Waals surface area contributed by atoms with Crippen LogP contribution in [-0.2, 0) is 20.9 Å². The molecule has 0 spiro atoms. The first kappa shape index (κ1) is 18.5. The van der Waals surface area contributed by atoms with Gasteiger partial charge in [0.25, 0.3) is 5.91 Å². The molecule has 1 amide bonds. The van der Waals surface area contributed by atoms with Crippen LogP contribution in [0.5, 0.6) is 0 Å². The molecular weight excluding hydrogens is 369 g/mol. The highest BCUT2D eigenvalue weighted by Gasteiger charge is 2.16. The molecule has 0 saturated carbocycles. The van der Waals surface area contributed by atoms with Crippen LogP contribution >= 0.6 is 34.5 Å². The Labute approximate surface area is 154 Å². The zero-order valence-electron chi connectivity index (χ0n) is 12.8. The number of esters is 1. The van der Waals surface area contributed by atoms with E-state index in [4.69, 9.17) is 27.9 Å². The molecule has 1 heterocycles. The summed E-state index contributed by atoms with van der Waals surface area (Å²) in [5.74, 6) is -0.959. The maximum absolute atomic E-state index is 11.9. The van der Waals surface area contributed by atoms with E-state index in [1.807, 2.05) is 17.5 Å². The number of amides is 1. The van der Waals surface area contributed by atoms with Crippen molar-refractivity contribution < 1.29 is 14.3 Å². The van der Waals surface area contributed by atoms with Crippen LogP contribution in [0.25, 0.3) is 6.08 Å². The van der Waals surface area contributed by atoms with Crippen LogP contribution < -0.4 is 5.32 Å². The molecule has 0 aliphatic carbocycles. The molecule has 1 aromatic carbocycles. The number of carbonyl (C=O) groups is 2. The summed E-state index contributed by atoms with van der Waals surface area (Å²) in [5, 5.41) is 5.48. The Morgan fingerprint density at radius 1 is 1.29 bits per heavy atom. The highest BCUT2D eigenvalue weighted by atomic mass is 35.5. The Balaban J connectivity index is 1.82. The van der Waals surface area contributed by atoms with E-state index >= 15 is 0 Å². The second-order valence-electron chi connectivity index (χ2n) is 4.88. The smallest absolute Gasteiger partial charge is 0.331 e. The number of hydrogen-bond donors (Lipinski definition) is 1. The van der Waals surface area contributed by atoms with Gasteiger partial charge in [0.05, 0.1) is 16.6 Å². The number of thiophene rings is 1. The second-order valence-corrected chi connectivity index (χ2v) is 6.73. The molecule has 0 aliphatic rings. The molecule has 1 N–H and O–H groups in total. The van der Waals surface area contributed by atoms with Crippen molar-refractivity contribution in [3.05, 3.63) is 62.3 Å². The molecule has 0 radical (unpaired) electrons. The third-order valence-electron chi connectivity index (χ3n) is 3.03. The predicted octanol–water partition coefficient (Wildman–Crippen LogP) is 4.32. The summed E-state index contributed by atoms with van der Waals surface area (Å²) in [4.78, 5) is 24.7. The first-order chi connectivity index (χ1) is 11.5. The average Bonchev–Trinajstić information content (AvgIpc) is 3.07. The Bertz CT molecular complexity index is 744. The van der Waals surface area contributed by atoms with Crippen LogP contribution in [0.15, 0.2) is 41.8 Å². The molecule has 7 heteroatoms. The summed E-state index contributed by atoms with van der Waals surface area (Å²) in [6.45, 7) is 1.94. The van der Waals surface area contributed by atoms with Gasteiger partial charge >= 0.3 is 5.97 Å². The molecule has 1 atom stereocenters. The van der Waals surface area contributed by atoms with E-state index in [0.29, 0.717) is 22.2 Å². The first-order valence-corrected chi connectivity index (χ1v) is 8.73. The van der Waals surface area contributed by atoms with E-state index in [1.54, 1.807) is 35.6 Å². The normalized spacial score (nSPS) is 12.1. The molecule has 0 saturated heterocycles. The van der Waals surface area contributed by atoms with E-state index in [1.165, 1.54) is 13.0 Å². The maximum Gasteiger partial charge on any atom is 0.331 e. The lowest BCUT2D eigenvalue weighted by atomic mass is 10.2. The number of halogens is 2. The number of ether oxygens (including phenoxy) is 1. The van der Waals surface area contributed by atoms with Gasteiger partial charge in [-0.1, -0.05) is 35.3 Å². The van der Waals surface area contributed by atoms with Gasteiger partial charge in [0.15, 0.2) is 6.10 Å². The van der Waals surface area contributed by atoms with E-state index < -0.39 is 12.1 Å². The third kappa shape index (κ3) is 5.67. The summed E-state index contributed by atoms with van der Waals surface area (Å²) in [5.41, 5.74) is 0.705. The summed E-state index contributed by atoms with van der Waals surface area (Å²) in [7, 11) is 0. The van der Waals surface area contributed by atoms with Crippen molar-refractivity contribution in [2.75, 3.05) is 0 Å². The molecule has 4 nitrogen and oxygen atoms in total. The molecule has 0 aliphatic heterocycles. The standard InChI is InChI=1S/C17H15Cl2NO3S/c1-11(17(22)20-10-13-3-2-8-24-13)23-16(21)7-5-12-4-6-14(18)15(19)9-12/h2-9,11H,10H2,1H3,(H,20,22)/b7-5+/t11-/m1/s1. The minimum absolute atomic E-state index is 0.348. The molecule has 2 rings (SSSR count). The summed E-state index contributed by atoms with van der Waals surface area (Å²) < 4.78 is 5.06. The molecule has 0 unspecified atom stereocenters. The Hall–Kier alpha value is -1.82. The van der Waals surface area contributed by atoms with Crippen molar-refractivity contribution in [1.82, 2.24) is 5.32 Å². The van der Waals surface area contributed by atoms with Crippen molar-refractivity contribution in [1.29, 1.82) is 0 Å². The molecule has 1 aromatic heterocycles. The Morgan fingerprint density at radius 2 is 2.08 bits per heavy atom. The number of carbonyl (C=O) groups excluding carboxylic acids is 2. The van der Waals surface area contributed by atoms with Crippen LogP contribution in [0.1, 0.15) is 17.4 Å². The van der Waals surface area contributed by atoms with E-state index in [9.17, 15) is 9.59 Å². The number of hydrogen-bond acceptors (Lipinski definition) is 4. The van der Waals surface area contributed by atoms with Crippen LogP contribution in [0.2, 0.25) is 10.0 Å². The monoisotopic (exact) mass is 383 g/mol. The lowest BCUT2D eigenvalue weighted by Crippen LogP contribution is -2.34. The lowest BCUT2D eigenvalue weighted by Gasteiger charge is -2.11. The van der Waals surface area contributed by atoms with Crippen molar-refractivity contribution >= 4 is 52.5 Å². The van der Waals surface area contributed by atoms with Crippen molar-refractivity contribution in [2.45, 2.75) is 19.6 Å². The van der Waals surface area contributed by atoms with Crippen molar-refractivity contribution in [3.8, 4) is 0 Å². The largest absolute Gasteiger partial charge is 0.449 e. The fraction of sp³-hybridized carbons (Fsp3) is 0.176. The number of rotatable bonds is 6. The zero-order chi connectivity index (χ0) is 17.5. The second kappa shape index (κ2) is 8.87. The summed E-state index contributed by atoms with van der Waals surface area (Å²) in [6.07, 6.45) is 1.90. The van der Waals surface area contributed by atoms with Gasteiger partial charge in [-0.15, -0.1) is 11.3 Å². The van der Waals surface area contributed by atoms with Gasteiger partial charge in [-0.05, 0) is 42.1 Å². The minimum atomic E-state index is -0.879. The highest BCUT2D eigenvalue weighted by molar-refractivity contribution is 7.09. The number of nitrogens with one attached hydrogen (secondary N) is 1. The van der Waals surface area contributed by atoms with Gasteiger partial charge in [-0.3, -0.25) is 4.79 Å². The van der Waals surface area contributed by atoms with E-state index in [0.717, 1.165) is 4.88 Å². The van der Waals surface area contributed by atoms with Gasteiger partial charge in [-0.2, -0.15) is 0 Å². The molecular formula is C17H15Cl2NO3S. The van der Waals surface area contributed by atoms with Gasteiger partial charge < -0.3 is 10.1 Å². The molecule has 126 valence electrons. The van der Waals surface area contributed by atoms with Gasteiger partial charge in [0.1, 0.15) is 0 Å². The Kier molecular flexibility index (Phi) is 6.85. The van der Waals surface area contributed by atoms with Gasteiger partial charge in [0.2, 0.25) is 0 Å². The summed E-state index contributed by atoms with van der Waals surface area (Å²) in [6, 6.07) is 8.81. The molecule has 2 aromatic rings. The third-order valence-corrected chi connectivity index (χ3v) is 4.65. The molecule has 0 bridgehead atoms. The van der Waals surface area contributed by atoms with Crippen LogP contribution in [0, 0.1) is 0 Å². The van der Waals surface area contributed by atoms with Crippen LogP contribution in [-0.4, -0.2) is 18.0 Å². The lowest BCUT2D eigenvalue weighted by molar-refractivity contribution is -0.150. The fourth-order valence-electron chi connectivity index (χ4n) is 1.78. The predicted molar refractivity (Wildman–Crippen MR) is 97.2 cm³/mol. The van der Waals surface area contributed by atoms with Gasteiger partial charge in [0, 0.05) is 11.0 Å². The zero-order valence-corrected chi connectivity index (χ0v) is 15.1. The Morgan fingerprint density at radius 3 is 2.75 bits per heavy atom. The van der Waals surface area contributed by atoms with Crippen LogP contribution in [0.4, 0.5) is 0 Å². The van der Waals surface area contributed by atoms with E-state index in [2.05, 4.69) is 5.32 Å². The molecule has 0 fully saturated rings. The SMILES string of the molecule is C[C@@H](OC(=O)/C=C/c1ccc(Cl)c(Cl)c1)C(=O)NCc1cccs1. The van der Waals surface area contributed by atoms with Gasteiger partial charge in [-0.25, -0.2) is 4.79 Å². The quantitative estimate of drug-likeness (QED) is 0.596. The van der Waals surface area contributed by atoms with Crippen molar-refractivity contribution in [2.24, 2.45) is 0 Å². The average molecular weight is 384 g/mol.